The van der Waals surface area contributed by atoms with E-state index in [1.165, 1.54) is 0 Å². The molecule has 1 aromatic rings. The smallest absolute Gasteiger partial charge is 0.323 e. The Morgan fingerprint density at radius 3 is 2.46 bits per heavy atom. The first-order chi connectivity index (χ1) is 11.4. The van der Waals surface area contributed by atoms with E-state index in [4.69, 9.17) is 0 Å². The van der Waals surface area contributed by atoms with Gasteiger partial charge >= 0.3 is 6.03 Å². The lowest BCUT2D eigenvalue weighted by atomic mass is 9.98. The van der Waals surface area contributed by atoms with Crippen LogP contribution in [0, 0.1) is 0 Å². The van der Waals surface area contributed by atoms with E-state index >= 15 is 0 Å². The van der Waals surface area contributed by atoms with Crippen molar-refractivity contribution >= 4 is 22.0 Å². The number of nitrogens with one attached hydrogen (secondary N) is 2. The molecule has 8 heteroatoms. The second-order valence-electron chi connectivity index (χ2n) is 6.30. The molecule has 0 atom stereocenters. The first-order valence-electron chi connectivity index (χ1n) is 8.07. The standard InChI is InChI=1S/C16H21N3O4S/c20-14-16(8-4-5-9-16)18-15(21)19(14)10-11-24(22,23)17-12-13-6-2-1-3-7-13/h1-3,6-7,17H,4-5,8-12H2,(H,18,21). The normalized spacial score (nSPS) is 19.9. The Bertz CT molecular complexity index is 727. The molecule has 7 nitrogen and oxygen atoms in total. The number of rotatable bonds is 6. The van der Waals surface area contributed by atoms with E-state index in [9.17, 15) is 18.0 Å². The highest BCUT2D eigenvalue weighted by atomic mass is 32.2. The van der Waals surface area contributed by atoms with Crippen molar-refractivity contribution in [3.63, 3.8) is 0 Å². The number of imide groups is 1. The third-order valence-corrected chi connectivity index (χ3v) is 5.93. The molecule has 2 N–H and O–H groups in total. The Morgan fingerprint density at radius 1 is 1.12 bits per heavy atom. The topological polar surface area (TPSA) is 95.6 Å². The maximum Gasteiger partial charge on any atom is 0.325 e. The van der Waals surface area contributed by atoms with Gasteiger partial charge in [0.05, 0.1) is 5.75 Å². The minimum Gasteiger partial charge on any atom is -0.323 e. The third-order valence-electron chi connectivity index (χ3n) is 4.63. The lowest BCUT2D eigenvalue weighted by Crippen LogP contribution is -2.44. The maximum atomic E-state index is 12.5. The lowest BCUT2D eigenvalue weighted by molar-refractivity contribution is -0.130. The van der Waals surface area contributed by atoms with Gasteiger partial charge in [-0.15, -0.1) is 0 Å². The minimum absolute atomic E-state index is 0.128. The molecule has 1 aliphatic heterocycles. The summed E-state index contributed by atoms with van der Waals surface area (Å²) in [6.45, 7) is 0.0593. The van der Waals surface area contributed by atoms with Gasteiger partial charge in [0.25, 0.3) is 5.91 Å². The molecule has 0 bridgehead atoms. The number of hydrogen-bond acceptors (Lipinski definition) is 4. The molecule has 1 aliphatic carbocycles. The molecule has 24 heavy (non-hydrogen) atoms. The molecular formula is C16H21N3O4S. The van der Waals surface area contributed by atoms with Crippen molar-refractivity contribution in [3.8, 4) is 0 Å². The van der Waals surface area contributed by atoms with E-state index in [2.05, 4.69) is 10.0 Å². The molecule has 1 saturated heterocycles. The fourth-order valence-electron chi connectivity index (χ4n) is 3.27. The quantitative estimate of drug-likeness (QED) is 0.747. The predicted octanol–water partition coefficient (Wildman–Crippen LogP) is 0.971. The molecule has 2 fully saturated rings. The van der Waals surface area contributed by atoms with Crippen LogP contribution in [-0.2, 0) is 21.4 Å². The molecule has 1 heterocycles. The highest BCUT2D eigenvalue weighted by molar-refractivity contribution is 7.89. The van der Waals surface area contributed by atoms with Crippen LogP contribution in [0.1, 0.15) is 31.2 Å². The van der Waals surface area contributed by atoms with Gasteiger partial charge in [-0.05, 0) is 18.4 Å². The van der Waals surface area contributed by atoms with Gasteiger partial charge in [0.15, 0.2) is 0 Å². The van der Waals surface area contributed by atoms with Gasteiger partial charge in [-0.2, -0.15) is 0 Å². The van der Waals surface area contributed by atoms with Crippen molar-refractivity contribution in [2.24, 2.45) is 0 Å². The molecule has 1 spiro atoms. The summed E-state index contributed by atoms with van der Waals surface area (Å²) in [6.07, 6.45) is 3.06. The zero-order valence-corrected chi connectivity index (χ0v) is 14.1. The average molecular weight is 351 g/mol. The van der Waals surface area contributed by atoms with Gasteiger partial charge in [-0.3, -0.25) is 9.69 Å². The van der Waals surface area contributed by atoms with Gasteiger partial charge in [-0.25, -0.2) is 17.9 Å². The van der Waals surface area contributed by atoms with E-state index in [1.54, 1.807) is 0 Å². The summed E-state index contributed by atoms with van der Waals surface area (Å²) >= 11 is 0. The van der Waals surface area contributed by atoms with E-state index in [1.807, 2.05) is 30.3 Å². The first-order valence-corrected chi connectivity index (χ1v) is 9.72. The van der Waals surface area contributed by atoms with Gasteiger partial charge in [0.1, 0.15) is 5.54 Å². The van der Waals surface area contributed by atoms with Gasteiger partial charge < -0.3 is 5.32 Å². The second kappa shape index (κ2) is 6.52. The monoisotopic (exact) mass is 351 g/mol. The predicted molar refractivity (Wildman–Crippen MR) is 88.5 cm³/mol. The Labute approximate surface area is 141 Å². The van der Waals surface area contributed by atoms with Crippen molar-refractivity contribution in [2.45, 2.75) is 37.8 Å². The van der Waals surface area contributed by atoms with Crippen LogP contribution in [0.5, 0.6) is 0 Å². The molecule has 1 aromatic carbocycles. The molecule has 0 unspecified atom stereocenters. The van der Waals surface area contributed by atoms with Crippen LogP contribution < -0.4 is 10.0 Å². The van der Waals surface area contributed by atoms with Crippen LogP contribution in [0.3, 0.4) is 0 Å². The van der Waals surface area contributed by atoms with Gasteiger partial charge in [0.2, 0.25) is 10.0 Å². The summed E-state index contributed by atoms with van der Waals surface area (Å²) in [5.74, 6) is -0.585. The summed E-state index contributed by atoms with van der Waals surface area (Å²) in [5.41, 5.74) is 0.0548. The van der Waals surface area contributed by atoms with Crippen molar-refractivity contribution in [1.82, 2.24) is 14.9 Å². The van der Waals surface area contributed by atoms with Crippen LogP contribution in [0.4, 0.5) is 4.79 Å². The number of nitrogens with zero attached hydrogens (tertiary/aromatic N) is 1. The fraction of sp³-hybridized carbons (Fsp3) is 0.500. The SMILES string of the molecule is O=C1NC2(CCCC2)C(=O)N1CCS(=O)(=O)NCc1ccccc1. The molecule has 0 aromatic heterocycles. The van der Waals surface area contributed by atoms with Crippen molar-refractivity contribution in [2.75, 3.05) is 12.3 Å². The second-order valence-corrected chi connectivity index (χ2v) is 8.23. The number of urea groups is 1. The van der Waals surface area contributed by atoms with E-state index in [-0.39, 0.29) is 24.7 Å². The minimum atomic E-state index is -3.57. The molecule has 1 saturated carbocycles. The van der Waals surface area contributed by atoms with Crippen LogP contribution in [0.15, 0.2) is 30.3 Å². The number of hydrogen-bond donors (Lipinski definition) is 2. The van der Waals surface area contributed by atoms with E-state index in [0.29, 0.717) is 12.8 Å². The van der Waals surface area contributed by atoms with Crippen molar-refractivity contribution < 1.29 is 18.0 Å². The molecular weight excluding hydrogens is 330 g/mol. The zero-order chi connectivity index (χ0) is 17.2. The van der Waals surface area contributed by atoms with Crippen LogP contribution in [0.25, 0.3) is 0 Å². The van der Waals surface area contributed by atoms with Crippen LogP contribution >= 0.6 is 0 Å². The fourth-order valence-corrected chi connectivity index (χ4v) is 4.22. The highest BCUT2D eigenvalue weighted by Crippen LogP contribution is 2.34. The number of carbonyl (C=O) groups is 2. The summed E-state index contributed by atoms with van der Waals surface area (Å²) in [7, 11) is -3.57. The Hall–Kier alpha value is -1.93. The first kappa shape index (κ1) is 16.9. The number of carbonyl (C=O) groups excluding carboxylic acids is 2. The summed E-state index contributed by atoms with van der Waals surface area (Å²) in [6, 6.07) is 8.68. The maximum absolute atomic E-state index is 12.5. The number of amides is 3. The summed E-state index contributed by atoms with van der Waals surface area (Å²) < 4.78 is 26.7. The average Bonchev–Trinajstić information content (AvgIpc) is 3.12. The van der Waals surface area contributed by atoms with Crippen molar-refractivity contribution in [1.29, 1.82) is 0 Å². The van der Waals surface area contributed by atoms with Crippen molar-refractivity contribution in [3.05, 3.63) is 35.9 Å². The van der Waals surface area contributed by atoms with Crippen LogP contribution in [0.2, 0.25) is 0 Å². The summed E-state index contributed by atoms with van der Waals surface area (Å²) in [4.78, 5) is 25.5. The molecule has 130 valence electrons. The van der Waals surface area contributed by atoms with E-state index in [0.717, 1.165) is 23.3 Å². The summed E-state index contributed by atoms with van der Waals surface area (Å²) in [5, 5.41) is 2.75. The largest absolute Gasteiger partial charge is 0.325 e. The third kappa shape index (κ3) is 3.44. The lowest BCUT2D eigenvalue weighted by Gasteiger charge is -2.20. The number of sulfonamides is 1. The Morgan fingerprint density at radius 2 is 1.79 bits per heavy atom. The molecule has 2 aliphatic rings. The molecule has 3 amide bonds. The Balaban J connectivity index is 1.56. The van der Waals surface area contributed by atoms with Gasteiger partial charge in [-0.1, -0.05) is 43.2 Å². The van der Waals surface area contributed by atoms with E-state index < -0.39 is 21.6 Å². The van der Waals surface area contributed by atoms with Crippen LogP contribution in [-0.4, -0.2) is 43.1 Å². The Kier molecular flexibility index (Phi) is 4.60. The van der Waals surface area contributed by atoms with Gasteiger partial charge in [0, 0.05) is 13.1 Å². The zero-order valence-electron chi connectivity index (χ0n) is 13.3. The molecule has 3 rings (SSSR count). The number of benzene rings is 1. The molecule has 0 radical (unpaired) electrons. The highest BCUT2D eigenvalue weighted by Gasteiger charge is 2.52.